The van der Waals surface area contributed by atoms with E-state index in [2.05, 4.69) is 11.9 Å². The van der Waals surface area contributed by atoms with Gasteiger partial charge >= 0.3 is 7.60 Å². The van der Waals surface area contributed by atoms with Gasteiger partial charge in [-0.3, -0.25) is 4.57 Å². The Morgan fingerprint density at radius 3 is 2.59 bits per heavy atom. The highest BCUT2D eigenvalue weighted by Gasteiger charge is 2.25. The molecule has 1 aliphatic heterocycles. The largest absolute Gasteiger partial charge is 0.507 e. The van der Waals surface area contributed by atoms with E-state index >= 15 is 0 Å². The Hall–Kier alpha value is -1.33. The number of hydrogen-bond donors (Lipinski definition) is 3. The number of phenols is 1. The summed E-state index contributed by atoms with van der Waals surface area (Å²) in [6.07, 6.45) is 3.42. The van der Waals surface area contributed by atoms with Gasteiger partial charge in [0.15, 0.2) is 0 Å². The molecule has 2 heterocycles. The Labute approximate surface area is 129 Å². The summed E-state index contributed by atoms with van der Waals surface area (Å²) in [5.41, 5.74) is 1.67. The standard InChI is InChI=1S/C15H21N2O4P/c1-16-7-5-11(6-8-16)12-9-17(10-22(19,20)21)13-3-2-4-14(18)15(12)13/h2-4,9,11,18H,5-8,10H2,1H3,(H2,19,20,21). The Morgan fingerprint density at radius 2 is 1.95 bits per heavy atom. The maximum absolute atomic E-state index is 11.4. The van der Waals surface area contributed by atoms with Gasteiger partial charge in [-0.05, 0) is 56.6 Å². The fraction of sp³-hybridized carbons (Fsp3) is 0.467. The minimum Gasteiger partial charge on any atom is -0.507 e. The lowest BCUT2D eigenvalue weighted by molar-refractivity contribution is 0.256. The van der Waals surface area contributed by atoms with E-state index in [-0.39, 0.29) is 12.0 Å². The van der Waals surface area contributed by atoms with Gasteiger partial charge in [0, 0.05) is 11.6 Å². The van der Waals surface area contributed by atoms with Gasteiger partial charge in [-0.15, -0.1) is 0 Å². The highest BCUT2D eigenvalue weighted by molar-refractivity contribution is 7.50. The molecular weight excluding hydrogens is 303 g/mol. The third kappa shape index (κ3) is 3.06. The van der Waals surface area contributed by atoms with Crippen LogP contribution in [0.15, 0.2) is 24.4 Å². The highest BCUT2D eigenvalue weighted by atomic mass is 31.2. The maximum atomic E-state index is 11.4. The first-order valence-electron chi connectivity index (χ1n) is 7.39. The van der Waals surface area contributed by atoms with Crippen LogP contribution in [0.3, 0.4) is 0 Å². The van der Waals surface area contributed by atoms with Crippen LogP contribution in [0.1, 0.15) is 24.3 Å². The van der Waals surface area contributed by atoms with Gasteiger partial charge in [-0.25, -0.2) is 0 Å². The van der Waals surface area contributed by atoms with Crippen molar-refractivity contribution in [1.29, 1.82) is 0 Å². The first-order valence-corrected chi connectivity index (χ1v) is 9.19. The Kier molecular flexibility index (Phi) is 4.03. The van der Waals surface area contributed by atoms with Gasteiger partial charge in [0.05, 0.1) is 5.52 Å². The lowest BCUT2D eigenvalue weighted by atomic mass is 9.89. The molecule has 0 aliphatic carbocycles. The molecule has 1 aliphatic rings. The van der Waals surface area contributed by atoms with E-state index < -0.39 is 7.60 Å². The number of aromatic hydroxyl groups is 1. The smallest absolute Gasteiger partial charge is 0.345 e. The number of likely N-dealkylation sites (tertiary alicyclic amines) is 1. The molecule has 3 rings (SSSR count). The molecule has 120 valence electrons. The summed E-state index contributed by atoms with van der Waals surface area (Å²) in [6.45, 7) is 1.98. The van der Waals surface area contributed by atoms with Gasteiger partial charge in [0.1, 0.15) is 12.0 Å². The topological polar surface area (TPSA) is 85.9 Å². The monoisotopic (exact) mass is 324 g/mol. The zero-order chi connectivity index (χ0) is 15.9. The van der Waals surface area contributed by atoms with Crippen molar-refractivity contribution in [2.24, 2.45) is 0 Å². The first kappa shape index (κ1) is 15.6. The highest BCUT2D eigenvalue weighted by Crippen LogP contribution is 2.42. The van der Waals surface area contributed by atoms with E-state index in [1.807, 2.05) is 0 Å². The zero-order valence-corrected chi connectivity index (χ0v) is 13.4. The van der Waals surface area contributed by atoms with Crippen molar-refractivity contribution in [3.63, 3.8) is 0 Å². The van der Waals surface area contributed by atoms with E-state index in [9.17, 15) is 19.5 Å². The summed E-state index contributed by atoms with van der Waals surface area (Å²) in [6, 6.07) is 5.12. The molecule has 0 bridgehead atoms. The summed E-state index contributed by atoms with van der Waals surface area (Å²) in [5, 5.41) is 11.0. The third-order valence-electron chi connectivity index (χ3n) is 4.41. The van der Waals surface area contributed by atoms with Crippen molar-refractivity contribution in [3.05, 3.63) is 30.0 Å². The van der Waals surface area contributed by atoms with Crippen LogP contribution in [0.25, 0.3) is 10.9 Å². The van der Waals surface area contributed by atoms with Gasteiger partial charge in [-0.2, -0.15) is 0 Å². The number of nitrogens with zero attached hydrogens (tertiary/aromatic N) is 2. The molecule has 0 saturated carbocycles. The van der Waals surface area contributed by atoms with Crippen LogP contribution >= 0.6 is 7.60 Å². The SMILES string of the molecule is CN1CCC(c2cn(CP(=O)(O)O)c3cccc(O)c23)CC1. The summed E-state index contributed by atoms with van der Waals surface area (Å²) < 4.78 is 12.9. The first-order chi connectivity index (χ1) is 10.3. The van der Waals surface area contributed by atoms with E-state index in [1.54, 1.807) is 29.0 Å². The molecule has 0 atom stereocenters. The predicted molar refractivity (Wildman–Crippen MR) is 85.1 cm³/mol. The molecule has 1 saturated heterocycles. The van der Waals surface area contributed by atoms with E-state index in [0.717, 1.165) is 36.9 Å². The van der Waals surface area contributed by atoms with Gasteiger partial charge in [-0.1, -0.05) is 6.07 Å². The number of rotatable bonds is 3. The van der Waals surface area contributed by atoms with Crippen molar-refractivity contribution in [3.8, 4) is 5.75 Å². The van der Waals surface area contributed by atoms with Gasteiger partial charge in [0.2, 0.25) is 0 Å². The minimum atomic E-state index is -4.17. The molecule has 22 heavy (non-hydrogen) atoms. The Morgan fingerprint density at radius 1 is 1.27 bits per heavy atom. The van der Waals surface area contributed by atoms with Gasteiger partial charge < -0.3 is 24.4 Å². The Bertz CT molecular complexity index is 728. The molecular formula is C15H21N2O4P. The normalized spacial score (nSPS) is 18.1. The molecule has 3 N–H and O–H groups in total. The molecule has 0 spiro atoms. The summed E-state index contributed by atoms with van der Waals surface area (Å²) >= 11 is 0. The fourth-order valence-corrected chi connectivity index (χ4v) is 3.94. The van der Waals surface area contributed by atoms with Crippen LogP contribution in [0, 0.1) is 0 Å². The molecule has 0 radical (unpaired) electrons. The predicted octanol–water partition coefficient (Wildman–Crippen LogP) is 2.29. The number of piperidine rings is 1. The van der Waals surface area contributed by atoms with Crippen LogP contribution < -0.4 is 0 Å². The Balaban J connectivity index is 2.08. The van der Waals surface area contributed by atoms with Crippen LogP contribution in [-0.4, -0.2) is 44.5 Å². The average Bonchev–Trinajstić information content (AvgIpc) is 2.78. The molecule has 1 aromatic carbocycles. The van der Waals surface area contributed by atoms with Gasteiger partial charge in [0.25, 0.3) is 0 Å². The minimum absolute atomic E-state index is 0.177. The van der Waals surface area contributed by atoms with Crippen LogP contribution in [0.2, 0.25) is 0 Å². The van der Waals surface area contributed by atoms with Crippen molar-refractivity contribution in [2.75, 3.05) is 20.1 Å². The number of fused-ring (bicyclic) bond motifs is 1. The number of hydrogen-bond acceptors (Lipinski definition) is 3. The van der Waals surface area contributed by atoms with Crippen molar-refractivity contribution < 1.29 is 19.5 Å². The zero-order valence-electron chi connectivity index (χ0n) is 12.5. The van der Waals surface area contributed by atoms with E-state index in [0.29, 0.717) is 11.4 Å². The second-order valence-electron chi connectivity index (χ2n) is 6.11. The molecule has 2 aromatic rings. The van der Waals surface area contributed by atoms with E-state index in [4.69, 9.17) is 0 Å². The summed E-state index contributed by atoms with van der Waals surface area (Å²) in [5.74, 6) is 0.487. The average molecular weight is 324 g/mol. The summed E-state index contributed by atoms with van der Waals surface area (Å²) in [7, 11) is -2.08. The molecule has 1 fully saturated rings. The van der Waals surface area contributed by atoms with Crippen LogP contribution in [-0.2, 0) is 10.9 Å². The van der Waals surface area contributed by atoms with Crippen molar-refractivity contribution in [2.45, 2.75) is 25.0 Å². The second kappa shape index (κ2) is 5.70. The quantitative estimate of drug-likeness (QED) is 0.754. The number of phenolic OH excluding ortho intramolecular Hbond substituents is 1. The maximum Gasteiger partial charge on any atom is 0.345 e. The fourth-order valence-electron chi connectivity index (χ4n) is 3.31. The number of benzene rings is 1. The molecule has 6 nitrogen and oxygen atoms in total. The molecule has 0 amide bonds. The van der Waals surface area contributed by atoms with E-state index in [1.165, 1.54) is 0 Å². The van der Waals surface area contributed by atoms with Crippen molar-refractivity contribution >= 4 is 18.5 Å². The lowest BCUT2D eigenvalue weighted by Gasteiger charge is -2.28. The van der Waals surface area contributed by atoms with Crippen LogP contribution in [0.5, 0.6) is 5.75 Å². The number of aromatic nitrogens is 1. The summed E-state index contributed by atoms with van der Waals surface area (Å²) in [4.78, 5) is 20.8. The molecule has 7 heteroatoms. The van der Waals surface area contributed by atoms with Crippen molar-refractivity contribution in [1.82, 2.24) is 9.47 Å². The molecule has 0 unspecified atom stereocenters. The molecule has 1 aromatic heterocycles. The lowest BCUT2D eigenvalue weighted by Crippen LogP contribution is -2.29. The third-order valence-corrected chi connectivity index (χ3v) is 5.08. The second-order valence-corrected chi connectivity index (χ2v) is 7.72. The van der Waals surface area contributed by atoms with Crippen LogP contribution in [0.4, 0.5) is 0 Å².